The number of aryl methyl sites for hydroxylation is 1. The normalized spacial score (nSPS) is 28.6. The SMILES string of the molecule is Cc1c(C2C(N)CCN2C)cnn1C. The van der Waals surface area contributed by atoms with Crippen LogP contribution in [0, 0.1) is 6.92 Å². The first-order valence-electron chi connectivity index (χ1n) is 5.05. The molecule has 0 saturated carbocycles. The largest absolute Gasteiger partial charge is 0.326 e. The molecular formula is C10H18N4. The van der Waals surface area contributed by atoms with E-state index in [1.54, 1.807) is 0 Å². The van der Waals surface area contributed by atoms with Crippen LogP contribution in [0.4, 0.5) is 0 Å². The lowest BCUT2D eigenvalue weighted by Crippen LogP contribution is -2.29. The van der Waals surface area contributed by atoms with Crippen LogP contribution in [0.1, 0.15) is 23.7 Å². The van der Waals surface area contributed by atoms with Crippen molar-refractivity contribution in [3.05, 3.63) is 17.5 Å². The van der Waals surface area contributed by atoms with Gasteiger partial charge in [0.2, 0.25) is 0 Å². The van der Waals surface area contributed by atoms with E-state index < -0.39 is 0 Å². The van der Waals surface area contributed by atoms with Gasteiger partial charge in [0.1, 0.15) is 0 Å². The molecule has 0 bridgehead atoms. The van der Waals surface area contributed by atoms with E-state index in [1.165, 1.54) is 11.3 Å². The molecule has 1 aromatic rings. The molecule has 78 valence electrons. The van der Waals surface area contributed by atoms with E-state index in [1.807, 2.05) is 17.9 Å². The number of hydrogen-bond acceptors (Lipinski definition) is 3. The Hall–Kier alpha value is -0.870. The van der Waals surface area contributed by atoms with Crippen molar-refractivity contribution in [2.45, 2.75) is 25.4 Å². The summed E-state index contributed by atoms with van der Waals surface area (Å²) in [5.74, 6) is 0. The van der Waals surface area contributed by atoms with Gasteiger partial charge in [0.05, 0.1) is 12.2 Å². The van der Waals surface area contributed by atoms with Crippen LogP contribution in [0.2, 0.25) is 0 Å². The fourth-order valence-electron chi connectivity index (χ4n) is 2.25. The highest BCUT2D eigenvalue weighted by molar-refractivity contribution is 5.23. The van der Waals surface area contributed by atoms with Gasteiger partial charge >= 0.3 is 0 Å². The van der Waals surface area contributed by atoms with Gasteiger partial charge in [0, 0.05) is 30.9 Å². The monoisotopic (exact) mass is 194 g/mol. The van der Waals surface area contributed by atoms with Crippen LogP contribution in [0.15, 0.2) is 6.20 Å². The summed E-state index contributed by atoms with van der Waals surface area (Å²) in [7, 11) is 4.10. The molecule has 2 heterocycles. The fraction of sp³-hybridized carbons (Fsp3) is 0.700. The third-order valence-corrected chi connectivity index (χ3v) is 3.29. The van der Waals surface area contributed by atoms with Gasteiger partial charge in [-0.25, -0.2) is 0 Å². The Bertz CT molecular complexity index is 321. The molecular weight excluding hydrogens is 176 g/mol. The van der Waals surface area contributed by atoms with Crippen molar-refractivity contribution in [1.29, 1.82) is 0 Å². The molecule has 2 unspecified atom stereocenters. The Morgan fingerprint density at radius 1 is 1.50 bits per heavy atom. The van der Waals surface area contributed by atoms with E-state index in [-0.39, 0.29) is 6.04 Å². The summed E-state index contributed by atoms with van der Waals surface area (Å²) in [6, 6.07) is 0.603. The molecule has 0 aliphatic carbocycles. The highest BCUT2D eigenvalue weighted by Crippen LogP contribution is 2.30. The lowest BCUT2D eigenvalue weighted by molar-refractivity contribution is 0.303. The van der Waals surface area contributed by atoms with Gasteiger partial charge in [-0.1, -0.05) is 0 Å². The Balaban J connectivity index is 2.34. The molecule has 4 nitrogen and oxygen atoms in total. The molecule has 0 amide bonds. The summed E-state index contributed by atoms with van der Waals surface area (Å²) >= 11 is 0. The van der Waals surface area contributed by atoms with E-state index >= 15 is 0 Å². The molecule has 0 radical (unpaired) electrons. The molecule has 2 rings (SSSR count). The summed E-state index contributed by atoms with van der Waals surface area (Å²) in [4.78, 5) is 2.31. The van der Waals surface area contributed by atoms with Gasteiger partial charge in [-0.2, -0.15) is 5.10 Å². The number of likely N-dealkylation sites (tertiary alicyclic amines) is 1. The molecule has 1 aliphatic heterocycles. The Kier molecular flexibility index (Phi) is 2.33. The first kappa shape index (κ1) is 9.68. The Labute approximate surface area is 84.7 Å². The predicted molar refractivity (Wildman–Crippen MR) is 55.9 cm³/mol. The first-order chi connectivity index (χ1) is 6.61. The van der Waals surface area contributed by atoms with Crippen LogP contribution in [0.25, 0.3) is 0 Å². The molecule has 0 aromatic carbocycles. The topological polar surface area (TPSA) is 47.1 Å². The van der Waals surface area contributed by atoms with Crippen molar-refractivity contribution < 1.29 is 0 Å². The maximum Gasteiger partial charge on any atom is 0.0541 e. The van der Waals surface area contributed by atoms with Gasteiger partial charge < -0.3 is 5.73 Å². The molecule has 1 fully saturated rings. The van der Waals surface area contributed by atoms with E-state index in [0.717, 1.165) is 13.0 Å². The van der Waals surface area contributed by atoms with Crippen LogP contribution < -0.4 is 5.73 Å². The van der Waals surface area contributed by atoms with Crippen molar-refractivity contribution >= 4 is 0 Å². The van der Waals surface area contributed by atoms with Crippen molar-refractivity contribution in [2.75, 3.05) is 13.6 Å². The number of rotatable bonds is 1. The lowest BCUT2D eigenvalue weighted by Gasteiger charge is -2.22. The second-order valence-corrected chi connectivity index (χ2v) is 4.19. The maximum absolute atomic E-state index is 6.10. The Morgan fingerprint density at radius 3 is 2.64 bits per heavy atom. The summed E-state index contributed by atoms with van der Waals surface area (Å²) < 4.78 is 1.91. The van der Waals surface area contributed by atoms with Crippen LogP contribution in [0.5, 0.6) is 0 Å². The molecule has 2 atom stereocenters. The van der Waals surface area contributed by atoms with Gasteiger partial charge in [-0.15, -0.1) is 0 Å². The summed E-state index contributed by atoms with van der Waals surface area (Å²) in [6.45, 7) is 3.18. The van der Waals surface area contributed by atoms with Crippen molar-refractivity contribution in [3.8, 4) is 0 Å². The van der Waals surface area contributed by atoms with Crippen LogP contribution in [0.3, 0.4) is 0 Å². The van der Waals surface area contributed by atoms with Gasteiger partial charge in [0.25, 0.3) is 0 Å². The summed E-state index contributed by atoms with van der Waals surface area (Å²) in [5, 5.41) is 4.26. The molecule has 0 spiro atoms. The van der Waals surface area contributed by atoms with E-state index in [4.69, 9.17) is 5.73 Å². The third-order valence-electron chi connectivity index (χ3n) is 3.29. The molecule has 1 aliphatic rings. The average molecular weight is 194 g/mol. The summed E-state index contributed by atoms with van der Waals surface area (Å²) in [5.41, 5.74) is 8.60. The number of nitrogens with zero attached hydrogens (tertiary/aromatic N) is 3. The zero-order chi connectivity index (χ0) is 10.3. The summed E-state index contributed by atoms with van der Waals surface area (Å²) in [6.07, 6.45) is 3.02. The standard InChI is InChI=1S/C10H18N4/c1-7-8(6-12-14(7)3)10-9(11)4-5-13(10)2/h6,9-10H,4-5,11H2,1-3H3. The van der Waals surface area contributed by atoms with Crippen LogP contribution in [-0.4, -0.2) is 34.3 Å². The van der Waals surface area contributed by atoms with Gasteiger partial charge in [-0.3, -0.25) is 9.58 Å². The molecule has 1 aromatic heterocycles. The number of likely N-dealkylation sites (N-methyl/N-ethyl adjacent to an activating group) is 1. The first-order valence-corrected chi connectivity index (χ1v) is 5.05. The average Bonchev–Trinajstić information content (AvgIpc) is 2.62. The van der Waals surface area contributed by atoms with Gasteiger partial charge in [0.15, 0.2) is 0 Å². The van der Waals surface area contributed by atoms with Crippen LogP contribution in [-0.2, 0) is 7.05 Å². The van der Waals surface area contributed by atoms with Crippen molar-refractivity contribution in [3.63, 3.8) is 0 Å². The lowest BCUT2D eigenvalue weighted by atomic mass is 10.0. The number of nitrogens with two attached hydrogens (primary N) is 1. The molecule has 1 saturated heterocycles. The maximum atomic E-state index is 6.10. The van der Waals surface area contributed by atoms with Crippen molar-refractivity contribution in [1.82, 2.24) is 14.7 Å². The second-order valence-electron chi connectivity index (χ2n) is 4.19. The zero-order valence-electron chi connectivity index (χ0n) is 9.07. The number of aromatic nitrogens is 2. The van der Waals surface area contributed by atoms with Crippen LogP contribution >= 0.6 is 0 Å². The van der Waals surface area contributed by atoms with E-state index in [9.17, 15) is 0 Å². The highest BCUT2D eigenvalue weighted by atomic mass is 15.3. The minimum Gasteiger partial charge on any atom is -0.326 e. The minimum atomic E-state index is 0.253. The second kappa shape index (κ2) is 3.37. The quantitative estimate of drug-likeness (QED) is 0.705. The van der Waals surface area contributed by atoms with Crippen molar-refractivity contribution in [2.24, 2.45) is 12.8 Å². The fourth-order valence-corrected chi connectivity index (χ4v) is 2.25. The molecule has 4 heteroatoms. The minimum absolute atomic E-state index is 0.253. The molecule has 2 N–H and O–H groups in total. The smallest absolute Gasteiger partial charge is 0.0541 e. The van der Waals surface area contributed by atoms with E-state index in [2.05, 4.69) is 24.0 Å². The third kappa shape index (κ3) is 1.35. The Morgan fingerprint density at radius 2 is 2.21 bits per heavy atom. The molecule has 14 heavy (non-hydrogen) atoms. The predicted octanol–water partition coefficient (Wildman–Crippen LogP) is 0.432. The number of hydrogen-bond donors (Lipinski definition) is 1. The van der Waals surface area contributed by atoms with E-state index in [0.29, 0.717) is 6.04 Å². The zero-order valence-corrected chi connectivity index (χ0v) is 9.07. The van der Waals surface area contributed by atoms with Gasteiger partial charge in [-0.05, 0) is 20.4 Å². The highest BCUT2D eigenvalue weighted by Gasteiger charge is 2.32.